The molecular weight excluding hydrogens is 516 g/mol. The fourth-order valence-corrected chi connectivity index (χ4v) is 4.93. The van der Waals surface area contributed by atoms with Crippen molar-refractivity contribution in [3.63, 3.8) is 0 Å². The molecule has 2 aliphatic rings. The number of alkyl halides is 6. The van der Waals surface area contributed by atoms with E-state index < -0.39 is 41.7 Å². The molecule has 6 nitrogen and oxygen atoms in total. The quantitative estimate of drug-likeness (QED) is 0.222. The van der Waals surface area contributed by atoms with Crippen LogP contribution in [0.4, 0.5) is 31.1 Å². The zero-order valence-corrected chi connectivity index (χ0v) is 21.8. The van der Waals surface area contributed by atoms with E-state index in [1.807, 2.05) is 13.0 Å². The zero-order chi connectivity index (χ0) is 28.3. The number of nitrogens with zero attached hydrogens (tertiary/aromatic N) is 3. The number of benzene rings is 1. The molecular formula is C26H33F6N3O3. The van der Waals surface area contributed by atoms with Gasteiger partial charge in [-0.25, -0.2) is 4.79 Å². The van der Waals surface area contributed by atoms with Crippen molar-refractivity contribution in [2.75, 3.05) is 33.4 Å². The van der Waals surface area contributed by atoms with Crippen molar-refractivity contribution in [2.45, 2.75) is 70.6 Å². The van der Waals surface area contributed by atoms with Crippen LogP contribution >= 0.6 is 0 Å². The van der Waals surface area contributed by atoms with Gasteiger partial charge in [0.05, 0.1) is 23.7 Å². The van der Waals surface area contributed by atoms with Crippen LogP contribution in [0.2, 0.25) is 0 Å². The van der Waals surface area contributed by atoms with E-state index in [1.54, 1.807) is 20.9 Å². The van der Waals surface area contributed by atoms with Gasteiger partial charge in [-0.1, -0.05) is 13.0 Å². The lowest BCUT2D eigenvalue weighted by molar-refractivity contribution is -0.143. The van der Waals surface area contributed by atoms with Crippen LogP contribution in [0.15, 0.2) is 34.8 Å². The van der Waals surface area contributed by atoms with Gasteiger partial charge in [0.15, 0.2) is 0 Å². The first-order valence-electron chi connectivity index (χ1n) is 12.5. The minimum absolute atomic E-state index is 0.0359. The molecule has 12 heteroatoms. The van der Waals surface area contributed by atoms with E-state index in [0.717, 1.165) is 25.8 Å². The van der Waals surface area contributed by atoms with Crippen molar-refractivity contribution >= 4 is 11.9 Å². The first kappa shape index (κ1) is 29.8. The Labute approximate surface area is 218 Å². The number of carbonyl (C=O) groups excluding carboxylic acids is 1. The molecule has 0 bridgehead atoms. The molecule has 0 aliphatic carbocycles. The van der Waals surface area contributed by atoms with Crippen molar-refractivity contribution in [1.82, 2.24) is 9.80 Å². The monoisotopic (exact) mass is 549 g/mol. The summed E-state index contributed by atoms with van der Waals surface area (Å²) in [4.78, 5) is 20.9. The van der Waals surface area contributed by atoms with Crippen LogP contribution in [0, 0.1) is 0 Å². The number of rotatable bonds is 7. The number of amidine groups is 1. The highest BCUT2D eigenvalue weighted by molar-refractivity contribution is 5.99. The van der Waals surface area contributed by atoms with Gasteiger partial charge < -0.3 is 14.4 Å². The Morgan fingerprint density at radius 1 is 1.11 bits per heavy atom. The second-order valence-corrected chi connectivity index (χ2v) is 9.41. The predicted molar refractivity (Wildman–Crippen MR) is 130 cm³/mol. The maximum atomic E-state index is 13.4. The Balaban J connectivity index is 1.89. The molecule has 0 spiro atoms. The van der Waals surface area contributed by atoms with Gasteiger partial charge in [-0.3, -0.25) is 9.89 Å². The predicted octanol–water partition coefficient (Wildman–Crippen LogP) is 6.47. The fraction of sp³-hybridized carbons (Fsp3) is 0.615. The standard InChI is InChI=1S/C26H33F6N3O3/c1-5-9-34(21-7-10-37-11-8-21)23(33-4)17(6-2)15-35-16(3)22(38-24(35)36)18-12-19(25(27,28)29)14-20(13-18)26(30,31)32/h6,12-14,16,21-22H,5,7-11,15H2,1-4H3. The van der Waals surface area contributed by atoms with Gasteiger partial charge in [-0.15, -0.1) is 0 Å². The van der Waals surface area contributed by atoms with Crippen LogP contribution < -0.4 is 0 Å². The van der Waals surface area contributed by atoms with Crippen LogP contribution in [0.25, 0.3) is 0 Å². The summed E-state index contributed by atoms with van der Waals surface area (Å²) in [6, 6.07) is 0.637. The molecule has 1 amide bonds. The fourth-order valence-electron chi connectivity index (χ4n) is 4.93. The Morgan fingerprint density at radius 2 is 1.68 bits per heavy atom. The summed E-state index contributed by atoms with van der Waals surface area (Å²) >= 11 is 0. The lowest BCUT2D eigenvalue weighted by Crippen LogP contribution is -2.46. The first-order chi connectivity index (χ1) is 17.8. The van der Waals surface area contributed by atoms with Crippen molar-refractivity contribution in [3.8, 4) is 0 Å². The summed E-state index contributed by atoms with van der Waals surface area (Å²) in [5.41, 5.74) is -2.57. The molecule has 0 saturated carbocycles. The van der Waals surface area contributed by atoms with Crippen LogP contribution in [0.5, 0.6) is 0 Å². The Hall–Kier alpha value is -2.76. The SMILES string of the molecule is CC=C(CN1C(=O)OC(c2cc(C(F)(F)F)cc(C(F)(F)F)c2)C1C)C(=NC)N(CCC)C1CCOCC1. The zero-order valence-electron chi connectivity index (χ0n) is 21.8. The molecule has 2 unspecified atom stereocenters. The summed E-state index contributed by atoms with van der Waals surface area (Å²) in [5, 5.41) is 0. The molecule has 2 fully saturated rings. The van der Waals surface area contributed by atoms with E-state index in [9.17, 15) is 31.1 Å². The molecule has 2 heterocycles. The van der Waals surface area contributed by atoms with E-state index in [1.165, 1.54) is 4.90 Å². The summed E-state index contributed by atoms with van der Waals surface area (Å²) in [7, 11) is 1.65. The second kappa shape index (κ2) is 12.0. The van der Waals surface area contributed by atoms with E-state index in [0.29, 0.717) is 36.8 Å². The number of carbonyl (C=O) groups is 1. The molecule has 0 aromatic heterocycles. The van der Waals surface area contributed by atoms with Gasteiger partial charge >= 0.3 is 18.4 Å². The highest BCUT2D eigenvalue weighted by Crippen LogP contribution is 2.41. The van der Waals surface area contributed by atoms with E-state index in [-0.39, 0.29) is 24.2 Å². The number of hydrogen-bond donors (Lipinski definition) is 0. The number of cyclic esters (lactones) is 1. The van der Waals surface area contributed by atoms with Crippen LogP contribution in [-0.4, -0.2) is 67.2 Å². The lowest BCUT2D eigenvalue weighted by Gasteiger charge is -2.38. The highest BCUT2D eigenvalue weighted by Gasteiger charge is 2.44. The van der Waals surface area contributed by atoms with Crippen molar-refractivity contribution < 1.29 is 40.6 Å². The van der Waals surface area contributed by atoms with E-state index in [4.69, 9.17) is 9.47 Å². The Kier molecular flexibility index (Phi) is 9.38. The van der Waals surface area contributed by atoms with Gasteiger partial charge in [-0.05, 0) is 56.9 Å². The average molecular weight is 550 g/mol. The van der Waals surface area contributed by atoms with Crippen molar-refractivity contribution in [1.29, 1.82) is 0 Å². The number of aliphatic imine (C=N–C) groups is 1. The summed E-state index contributed by atoms with van der Waals surface area (Å²) in [6.45, 7) is 7.39. The van der Waals surface area contributed by atoms with Crippen LogP contribution in [-0.2, 0) is 21.8 Å². The molecule has 38 heavy (non-hydrogen) atoms. The smallest absolute Gasteiger partial charge is 0.416 e. The maximum absolute atomic E-state index is 13.4. The number of halogens is 6. The number of allylic oxidation sites excluding steroid dienone is 1. The lowest BCUT2D eigenvalue weighted by atomic mass is 9.97. The largest absolute Gasteiger partial charge is 0.439 e. The van der Waals surface area contributed by atoms with Gasteiger partial charge in [0.25, 0.3) is 0 Å². The average Bonchev–Trinajstić information content (AvgIpc) is 3.15. The normalized spacial score (nSPS) is 22.2. The second-order valence-electron chi connectivity index (χ2n) is 9.41. The summed E-state index contributed by atoms with van der Waals surface area (Å²) in [5.74, 6) is 0.683. The van der Waals surface area contributed by atoms with Crippen molar-refractivity contribution in [2.24, 2.45) is 4.99 Å². The van der Waals surface area contributed by atoms with Crippen LogP contribution in [0.1, 0.15) is 62.8 Å². The van der Waals surface area contributed by atoms with Crippen molar-refractivity contribution in [3.05, 3.63) is 46.5 Å². The first-order valence-corrected chi connectivity index (χ1v) is 12.5. The molecule has 0 N–H and O–H groups in total. The third-order valence-corrected chi connectivity index (χ3v) is 6.89. The summed E-state index contributed by atoms with van der Waals surface area (Å²) in [6.07, 6.45) is -7.84. The van der Waals surface area contributed by atoms with E-state index in [2.05, 4.69) is 9.89 Å². The third kappa shape index (κ3) is 6.62. The number of hydrogen-bond acceptors (Lipinski definition) is 4. The third-order valence-electron chi connectivity index (χ3n) is 6.89. The Morgan fingerprint density at radius 3 is 2.16 bits per heavy atom. The van der Waals surface area contributed by atoms with Gasteiger partial charge in [0, 0.05) is 38.4 Å². The topological polar surface area (TPSA) is 54.4 Å². The van der Waals surface area contributed by atoms with Gasteiger partial charge in [0.1, 0.15) is 11.9 Å². The Bertz CT molecular complexity index is 1020. The maximum Gasteiger partial charge on any atom is 0.416 e. The molecule has 1 aromatic carbocycles. The minimum atomic E-state index is -5.00. The minimum Gasteiger partial charge on any atom is -0.439 e. The molecule has 2 aliphatic heterocycles. The molecule has 0 radical (unpaired) electrons. The van der Waals surface area contributed by atoms with Gasteiger partial charge in [-0.2, -0.15) is 26.3 Å². The molecule has 2 saturated heterocycles. The van der Waals surface area contributed by atoms with Gasteiger partial charge in [0.2, 0.25) is 0 Å². The molecule has 2 atom stereocenters. The summed E-state index contributed by atoms with van der Waals surface area (Å²) < 4.78 is 91.2. The number of amides is 1. The molecule has 1 aromatic rings. The van der Waals surface area contributed by atoms with Crippen LogP contribution in [0.3, 0.4) is 0 Å². The molecule has 3 rings (SSSR count). The number of ether oxygens (including phenoxy) is 2. The molecule has 212 valence electrons. The van der Waals surface area contributed by atoms with E-state index >= 15 is 0 Å². The highest BCUT2D eigenvalue weighted by atomic mass is 19.4.